The highest BCUT2D eigenvalue weighted by molar-refractivity contribution is 6.28. The maximum atomic E-state index is 12.6. The van der Waals surface area contributed by atoms with Crippen molar-refractivity contribution in [1.29, 1.82) is 0 Å². The van der Waals surface area contributed by atoms with E-state index in [0.717, 1.165) is 5.56 Å². The minimum Gasteiger partial charge on any atom is -0.371 e. The SMILES string of the molecule is COC12C(=O)C(O)(C=Cc3ccccc3)C(=O)C1C2(C)C. The van der Waals surface area contributed by atoms with E-state index in [1.807, 2.05) is 44.2 Å². The van der Waals surface area contributed by atoms with E-state index in [1.54, 1.807) is 6.08 Å². The highest BCUT2D eigenvalue weighted by atomic mass is 16.5. The molecule has 2 aliphatic carbocycles. The number of ether oxygens (including phenoxy) is 1. The summed E-state index contributed by atoms with van der Waals surface area (Å²) in [5.41, 5.74) is -2.99. The van der Waals surface area contributed by atoms with Crippen LogP contribution in [0.25, 0.3) is 6.08 Å². The van der Waals surface area contributed by atoms with Crippen LogP contribution in [0.3, 0.4) is 0 Å². The van der Waals surface area contributed by atoms with Crippen LogP contribution in [0, 0.1) is 11.3 Å². The Bertz CT molecular complexity index is 646. The van der Waals surface area contributed by atoms with Crippen LogP contribution in [0.1, 0.15) is 19.4 Å². The van der Waals surface area contributed by atoms with Crippen LogP contribution in [0.5, 0.6) is 0 Å². The van der Waals surface area contributed by atoms with E-state index >= 15 is 0 Å². The lowest BCUT2D eigenvalue weighted by atomic mass is 9.85. The van der Waals surface area contributed by atoms with Gasteiger partial charge >= 0.3 is 0 Å². The molecule has 2 aliphatic rings. The van der Waals surface area contributed by atoms with E-state index in [1.165, 1.54) is 13.2 Å². The summed E-state index contributed by atoms with van der Waals surface area (Å²) in [5.74, 6) is -1.59. The van der Waals surface area contributed by atoms with Gasteiger partial charge in [0.05, 0.1) is 5.92 Å². The van der Waals surface area contributed by atoms with Crippen molar-refractivity contribution >= 4 is 17.6 Å². The Morgan fingerprint density at radius 1 is 1.19 bits per heavy atom. The normalized spacial score (nSPS) is 37.0. The summed E-state index contributed by atoms with van der Waals surface area (Å²) in [6, 6.07) is 9.23. The number of rotatable bonds is 3. The van der Waals surface area contributed by atoms with Gasteiger partial charge in [-0.2, -0.15) is 0 Å². The van der Waals surface area contributed by atoms with Crippen molar-refractivity contribution in [3.05, 3.63) is 42.0 Å². The largest absolute Gasteiger partial charge is 0.371 e. The summed E-state index contributed by atoms with van der Waals surface area (Å²) < 4.78 is 5.35. The first kappa shape index (κ1) is 14.2. The van der Waals surface area contributed by atoms with E-state index in [2.05, 4.69) is 0 Å². The summed E-state index contributed by atoms with van der Waals surface area (Å²) in [4.78, 5) is 25.1. The summed E-state index contributed by atoms with van der Waals surface area (Å²) in [6.07, 6.45) is 2.88. The molecule has 0 aliphatic heterocycles. The third-order valence-corrected chi connectivity index (χ3v) is 4.96. The molecule has 0 spiro atoms. The quantitative estimate of drug-likeness (QED) is 0.858. The Balaban J connectivity index is 1.96. The molecular weight excluding hydrogens is 268 g/mol. The molecule has 0 aromatic heterocycles. The van der Waals surface area contributed by atoms with Crippen LogP contribution >= 0.6 is 0 Å². The fraction of sp³-hybridized carbons (Fsp3) is 0.412. The van der Waals surface area contributed by atoms with E-state index in [4.69, 9.17) is 4.74 Å². The Hall–Kier alpha value is -1.78. The lowest BCUT2D eigenvalue weighted by Crippen LogP contribution is -2.48. The summed E-state index contributed by atoms with van der Waals surface area (Å²) in [5, 5.41) is 10.6. The topological polar surface area (TPSA) is 63.6 Å². The zero-order chi connectivity index (χ0) is 15.5. The molecule has 0 amide bonds. The van der Waals surface area contributed by atoms with Crippen LogP contribution in [-0.4, -0.2) is 35.0 Å². The molecule has 1 aromatic carbocycles. The fourth-order valence-electron chi connectivity index (χ4n) is 3.69. The van der Waals surface area contributed by atoms with E-state index < -0.39 is 34.1 Å². The first-order chi connectivity index (χ1) is 9.82. The zero-order valence-corrected chi connectivity index (χ0v) is 12.3. The van der Waals surface area contributed by atoms with Crippen molar-refractivity contribution in [1.82, 2.24) is 0 Å². The summed E-state index contributed by atoms with van der Waals surface area (Å²) in [7, 11) is 1.42. The van der Waals surface area contributed by atoms with Gasteiger partial charge in [0.2, 0.25) is 11.4 Å². The van der Waals surface area contributed by atoms with Gasteiger partial charge in [-0.1, -0.05) is 50.3 Å². The average Bonchev–Trinajstić information content (AvgIpc) is 2.93. The Labute approximate surface area is 123 Å². The van der Waals surface area contributed by atoms with Crippen molar-refractivity contribution in [2.75, 3.05) is 7.11 Å². The van der Waals surface area contributed by atoms with Crippen LogP contribution in [0.15, 0.2) is 36.4 Å². The molecule has 3 atom stereocenters. The number of carbonyl (C=O) groups excluding carboxylic acids is 2. The van der Waals surface area contributed by atoms with E-state index in [9.17, 15) is 14.7 Å². The minimum atomic E-state index is -2.08. The molecule has 1 aromatic rings. The predicted molar refractivity (Wildman–Crippen MR) is 77.5 cm³/mol. The van der Waals surface area contributed by atoms with Gasteiger partial charge in [0.1, 0.15) is 5.60 Å². The molecule has 0 heterocycles. The van der Waals surface area contributed by atoms with Crippen molar-refractivity contribution in [3.8, 4) is 0 Å². The van der Waals surface area contributed by atoms with Crippen molar-refractivity contribution in [2.45, 2.75) is 25.0 Å². The smallest absolute Gasteiger partial charge is 0.209 e. The Morgan fingerprint density at radius 2 is 1.81 bits per heavy atom. The van der Waals surface area contributed by atoms with Crippen LogP contribution in [-0.2, 0) is 14.3 Å². The monoisotopic (exact) mass is 286 g/mol. The van der Waals surface area contributed by atoms with Crippen molar-refractivity contribution in [2.24, 2.45) is 11.3 Å². The average molecular weight is 286 g/mol. The van der Waals surface area contributed by atoms with Gasteiger partial charge in [-0.15, -0.1) is 0 Å². The Kier molecular flexibility index (Phi) is 2.78. The first-order valence-corrected chi connectivity index (χ1v) is 6.93. The molecule has 4 nitrogen and oxygen atoms in total. The molecule has 0 bridgehead atoms. The second-order valence-electron chi connectivity index (χ2n) is 6.30. The van der Waals surface area contributed by atoms with Crippen molar-refractivity contribution in [3.63, 3.8) is 0 Å². The zero-order valence-electron chi connectivity index (χ0n) is 12.3. The van der Waals surface area contributed by atoms with Gasteiger partial charge in [0, 0.05) is 12.5 Å². The molecule has 4 heteroatoms. The van der Waals surface area contributed by atoms with Gasteiger partial charge in [-0.25, -0.2) is 0 Å². The number of aliphatic hydroxyl groups is 1. The second kappa shape index (κ2) is 4.12. The van der Waals surface area contributed by atoms with Crippen molar-refractivity contribution < 1.29 is 19.4 Å². The molecule has 2 saturated carbocycles. The second-order valence-corrected chi connectivity index (χ2v) is 6.30. The van der Waals surface area contributed by atoms with Gasteiger partial charge in [-0.05, 0) is 11.6 Å². The number of hydrogen-bond donors (Lipinski definition) is 1. The molecule has 21 heavy (non-hydrogen) atoms. The minimum absolute atomic E-state index is 0.466. The molecule has 2 fully saturated rings. The maximum Gasteiger partial charge on any atom is 0.209 e. The fourth-order valence-corrected chi connectivity index (χ4v) is 3.69. The van der Waals surface area contributed by atoms with E-state index in [-0.39, 0.29) is 0 Å². The predicted octanol–water partition coefficient (Wildman–Crippen LogP) is 1.62. The molecular formula is C17H18O4. The summed E-state index contributed by atoms with van der Waals surface area (Å²) >= 11 is 0. The maximum absolute atomic E-state index is 12.6. The number of benzene rings is 1. The number of Topliss-reactive ketones (excluding diaryl/α,β-unsaturated/α-hetero) is 2. The Morgan fingerprint density at radius 3 is 2.33 bits per heavy atom. The molecule has 3 rings (SSSR count). The standard InChI is InChI=1S/C17H18O4/c1-15(2)12-13(18)16(20,14(19)17(12,15)21-3)10-9-11-7-5-4-6-8-11/h4-10,12,20H,1-3H3. The third kappa shape index (κ3) is 1.52. The highest BCUT2D eigenvalue weighted by Gasteiger charge is 2.88. The molecule has 1 N–H and O–H groups in total. The number of fused-ring (bicyclic) bond motifs is 1. The number of carbonyl (C=O) groups is 2. The molecule has 0 radical (unpaired) electrons. The van der Waals surface area contributed by atoms with Crippen LogP contribution in [0.4, 0.5) is 0 Å². The third-order valence-electron chi connectivity index (χ3n) is 4.96. The number of hydrogen-bond acceptors (Lipinski definition) is 4. The molecule has 3 unspecified atom stereocenters. The van der Waals surface area contributed by atoms with Crippen LogP contribution < -0.4 is 0 Å². The van der Waals surface area contributed by atoms with E-state index in [0.29, 0.717) is 0 Å². The number of ketones is 2. The lowest BCUT2D eigenvalue weighted by Gasteiger charge is -2.24. The number of methoxy groups -OCH3 is 1. The van der Waals surface area contributed by atoms with Crippen LogP contribution in [0.2, 0.25) is 0 Å². The van der Waals surface area contributed by atoms with Gasteiger partial charge in [0.25, 0.3) is 0 Å². The molecule has 110 valence electrons. The first-order valence-electron chi connectivity index (χ1n) is 6.93. The lowest BCUT2D eigenvalue weighted by molar-refractivity contribution is -0.149. The highest BCUT2D eigenvalue weighted by Crippen LogP contribution is 2.70. The van der Waals surface area contributed by atoms with Gasteiger partial charge < -0.3 is 9.84 Å². The van der Waals surface area contributed by atoms with Gasteiger partial charge in [-0.3, -0.25) is 9.59 Å². The summed E-state index contributed by atoms with van der Waals surface area (Å²) in [6.45, 7) is 3.63. The van der Waals surface area contributed by atoms with Gasteiger partial charge in [0.15, 0.2) is 5.78 Å². The molecule has 0 saturated heterocycles.